The van der Waals surface area contributed by atoms with E-state index in [0.717, 1.165) is 25.7 Å². The number of hydrogen-bond acceptors (Lipinski definition) is 5. The van der Waals surface area contributed by atoms with Gasteiger partial charge in [-0.25, -0.2) is 4.79 Å². The molecule has 1 aliphatic rings. The van der Waals surface area contributed by atoms with Crippen molar-refractivity contribution < 1.29 is 23.8 Å². The van der Waals surface area contributed by atoms with Crippen molar-refractivity contribution in [3.8, 4) is 0 Å². The molecule has 0 N–H and O–H groups in total. The molecule has 180 valence electrons. The van der Waals surface area contributed by atoms with E-state index in [1.54, 1.807) is 0 Å². The third-order valence-corrected chi connectivity index (χ3v) is 6.19. The van der Waals surface area contributed by atoms with E-state index < -0.39 is 5.97 Å². The fraction of sp³-hybridized carbons (Fsp3) is 0.846. The summed E-state index contributed by atoms with van der Waals surface area (Å²) >= 11 is 0. The summed E-state index contributed by atoms with van der Waals surface area (Å²) in [5.41, 5.74) is 0. The van der Waals surface area contributed by atoms with E-state index in [-0.39, 0.29) is 24.1 Å². The highest BCUT2D eigenvalue weighted by Crippen LogP contribution is 2.32. The van der Waals surface area contributed by atoms with Crippen LogP contribution < -0.4 is 0 Å². The Balaban J connectivity index is 2.36. The lowest BCUT2D eigenvalue weighted by Crippen LogP contribution is -2.46. The van der Waals surface area contributed by atoms with E-state index in [1.807, 2.05) is 0 Å². The molecule has 1 heterocycles. The second-order valence-electron chi connectivity index (χ2n) is 8.87. The first-order valence-electron chi connectivity index (χ1n) is 12.7. The summed E-state index contributed by atoms with van der Waals surface area (Å²) in [5, 5.41) is 0. The van der Waals surface area contributed by atoms with Crippen LogP contribution in [0.2, 0.25) is 0 Å². The van der Waals surface area contributed by atoms with Crippen LogP contribution in [-0.2, 0) is 23.8 Å². The maximum absolute atomic E-state index is 11.9. The first-order valence-corrected chi connectivity index (χ1v) is 12.7. The number of rotatable bonds is 20. The molecule has 31 heavy (non-hydrogen) atoms. The van der Waals surface area contributed by atoms with Crippen molar-refractivity contribution in [2.45, 2.75) is 129 Å². The number of methoxy groups -OCH3 is 1. The molecule has 0 aromatic carbocycles. The van der Waals surface area contributed by atoms with Gasteiger partial charge in [0, 0.05) is 6.42 Å². The van der Waals surface area contributed by atoms with Gasteiger partial charge in [0.05, 0.1) is 25.4 Å². The second-order valence-corrected chi connectivity index (χ2v) is 8.87. The van der Waals surface area contributed by atoms with Gasteiger partial charge in [0.25, 0.3) is 0 Å². The van der Waals surface area contributed by atoms with Crippen LogP contribution in [0.4, 0.5) is 0 Å². The Hall–Kier alpha value is -1.52. The highest BCUT2D eigenvalue weighted by Gasteiger charge is 2.42. The monoisotopic (exact) mass is 438 g/mol. The molecule has 0 bridgehead atoms. The highest BCUT2D eigenvalue weighted by molar-refractivity contribution is 5.81. The minimum atomic E-state index is -0.425. The number of hydrogen-bond donors (Lipinski definition) is 0. The summed E-state index contributed by atoms with van der Waals surface area (Å²) in [7, 11) is 1.35. The van der Waals surface area contributed by atoms with E-state index >= 15 is 0 Å². The molecule has 1 rings (SSSR count). The second kappa shape index (κ2) is 18.1. The molecular formula is C26H46O5. The summed E-state index contributed by atoms with van der Waals surface area (Å²) in [4.78, 5) is 23.2. The topological polar surface area (TPSA) is 61.8 Å². The lowest BCUT2D eigenvalue weighted by Gasteiger charge is -2.37. The van der Waals surface area contributed by atoms with Crippen molar-refractivity contribution in [2.24, 2.45) is 5.92 Å². The first kappa shape index (κ1) is 27.5. The van der Waals surface area contributed by atoms with Crippen LogP contribution >= 0.6 is 0 Å². The minimum absolute atomic E-state index is 0.00987. The zero-order valence-corrected chi connectivity index (χ0v) is 20.2. The molecule has 0 radical (unpaired) electrons. The molecule has 0 unspecified atom stereocenters. The normalized spacial score (nSPS) is 19.1. The van der Waals surface area contributed by atoms with Gasteiger partial charge in [-0.3, -0.25) is 4.79 Å². The number of unbranched alkanes of at least 4 members (excludes halogenated alkanes) is 11. The highest BCUT2D eigenvalue weighted by atomic mass is 16.6. The molecule has 0 aromatic heterocycles. The molecular weight excluding hydrogens is 392 g/mol. The Kier molecular flexibility index (Phi) is 16.1. The van der Waals surface area contributed by atoms with Gasteiger partial charge < -0.3 is 14.2 Å². The average Bonchev–Trinajstić information content (AvgIpc) is 2.76. The van der Waals surface area contributed by atoms with Crippen molar-refractivity contribution in [1.29, 1.82) is 0 Å². The van der Waals surface area contributed by atoms with E-state index in [1.165, 1.54) is 90.1 Å². The fourth-order valence-corrected chi connectivity index (χ4v) is 4.16. The van der Waals surface area contributed by atoms with Crippen molar-refractivity contribution in [2.75, 3.05) is 7.11 Å². The number of esters is 2. The third-order valence-electron chi connectivity index (χ3n) is 6.19. The fourth-order valence-electron chi connectivity index (χ4n) is 4.16. The summed E-state index contributed by atoms with van der Waals surface area (Å²) in [5.74, 6) is -0.477. The standard InChI is InChI=1S/C26H46O5/c1-4-6-8-10-11-12-13-14-15-17-22(30-20-19-25(27)29-3)21-24-23(26(28)31-24)18-16-9-7-5-2/h19-20,22-24H,4-18,21H2,1-3H3/b20-19+/t22-,23-,24-/m0/s1. The maximum Gasteiger partial charge on any atom is 0.333 e. The zero-order chi connectivity index (χ0) is 22.7. The Morgan fingerprint density at radius 1 is 0.935 bits per heavy atom. The van der Waals surface area contributed by atoms with E-state index in [0.29, 0.717) is 6.42 Å². The van der Waals surface area contributed by atoms with Crippen molar-refractivity contribution >= 4 is 11.9 Å². The van der Waals surface area contributed by atoms with Gasteiger partial charge in [-0.2, -0.15) is 0 Å². The Morgan fingerprint density at radius 2 is 1.52 bits per heavy atom. The Bertz CT molecular complexity index is 502. The van der Waals surface area contributed by atoms with Gasteiger partial charge in [-0.05, 0) is 19.3 Å². The van der Waals surface area contributed by atoms with Gasteiger partial charge in [0.15, 0.2) is 0 Å². The van der Waals surface area contributed by atoms with Crippen LogP contribution in [0.5, 0.6) is 0 Å². The van der Waals surface area contributed by atoms with Crippen LogP contribution in [0.1, 0.15) is 117 Å². The zero-order valence-electron chi connectivity index (χ0n) is 20.2. The molecule has 5 heteroatoms. The first-order chi connectivity index (χ1) is 15.1. The number of cyclic esters (lactones) is 1. The van der Waals surface area contributed by atoms with Gasteiger partial charge in [0.1, 0.15) is 12.2 Å². The summed E-state index contributed by atoms with van der Waals surface area (Å²) < 4.78 is 15.9. The summed E-state index contributed by atoms with van der Waals surface area (Å²) in [6.45, 7) is 4.44. The molecule has 5 nitrogen and oxygen atoms in total. The molecule has 0 aliphatic carbocycles. The van der Waals surface area contributed by atoms with Gasteiger partial charge in [-0.15, -0.1) is 0 Å². The molecule has 3 atom stereocenters. The van der Waals surface area contributed by atoms with Gasteiger partial charge in [0.2, 0.25) is 0 Å². The quantitative estimate of drug-likeness (QED) is 0.0897. The van der Waals surface area contributed by atoms with E-state index in [2.05, 4.69) is 18.6 Å². The third kappa shape index (κ3) is 12.8. The molecule has 0 saturated carbocycles. The lowest BCUT2D eigenvalue weighted by molar-refractivity contribution is -0.188. The lowest BCUT2D eigenvalue weighted by atomic mass is 9.86. The largest absolute Gasteiger partial charge is 0.498 e. The van der Waals surface area contributed by atoms with E-state index in [9.17, 15) is 9.59 Å². The summed E-state index contributed by atoms with van der Waals surface area (Å²) in [6.07, 6.45) is 21.4. The van der Waals surface area contributed by atoms with Crippen LogP contribution in [0.25, 0.3) is 0 Å². The molecule has 0 aromatic rings. The Morgan fingerprint density at radius 3 is 2.10 bits per heavy atom. The van der Waals surface area contributed by atoms with Crippen LogP contribution in [-0.4, -0.2) is 31.3 Å². The number of ether oxygens (including phenoxy) is 3. The van der Waals surface area contributed by atoms with E-state index in [4.69, 9.17) is 9.47 Å². The predicted molar refractivity (Wildman–Crippen MR) is 125 cm³/mol. The van der Waals surface area contributed by atoms with Gasteiger partial charge in [-0.1, -0.05) is 90.9 Å². The molecule has 0 amide bonds. The maximum atomic E-state index is 11.9. The van der Waals surface area contributed by atoms with Crippen molar-refractivity contribution in [3.63, 3.8) is 0 Å². The smallest absolute Gasteiger partial charge is 0.333 e. The number of carbonyl (C=O) groups excluding carboxylic acids is 2. The molecule has 1 saturated heterocycles. The Labute approximate surface area is 190 Å². The molecule has 1 fully saturated rings. The average molecular weight is 439 g/mol. The van der Waals surface area contributed by atoms with Gasteiger partial charge >= 0.3 is 11.9 Å². The van der Waals surface area contributed by atoms with Crippen molar-refractivity contribution in [3.05, 3.63) is 12.3 Å². The summed E-state index contributed by atoms with van der Waals surface area (Å²) in [6, 6.07) is 0. The predicted octanol–water partition coefficient (Wildman–Crippen LogP) is 6.88. The molecule has 1 aliphatic heterocycles. The molecule has 0 spiro atoms. The number of carbonyl (C=O) groups is 2. The minimum Gasteiger partial charge on any atom is -0.498 e. The van der Waals surface area contributed by atoms with Crippen LogP contribution in [0.3, 0.4) is 0 Å². The van der Waals surface area contributed by atoms with Crippen molar-refractivity contribution in [1.82, 2.24) is 0 Å². The van der Waals surface area contributed by atoms with Crippen LogP contribution in [0.15, 0.2) is 12.3 Å². The van der Waals surface area contributed by atoms with Crippen LogP contribution in [0, 0.1) is 5.92 Å². The SMILES string of the molecule is CCCCCCCCCCC[C@@H](C[C@@H]1OC(=O)[C@H]1CCCCCC)O/C=C/C(=O)OC.